The summed E-state index contributed by atoms with van der Waals surface area (Å²) in [6.07, 6.45) is 0. The van der Waals surface area contributed by atoms with Crippen molar-refractivity contribution in [2.45, 2.75) is 11.8 Å². The second-order valence-electron chi connectivity index (χ2n) is 3.21. The van der Waals surface area contributed by atoms with E-state index in [1.165, 1.54) is 24.3 Å². The summed E-state index contributed by atoms with van der Waals surface area (Å²) >= 11 is 5.33. The van der Waals surface area contributed by atoms with Crippen LogP contribution in [0.2, 0.25) is 0 Å². The van der Waals surface area contributed by atoms with Gasteiger partial charge in [0, 0.05) is 12.2 Å². The van der Waals surface area contributed by atoms with Crippen molar-refractivity contribution >= 4 is 33.2 Å². The fourth-order valence-electron chi connectivity index (χ4n) is 1.19. The van der Waals surface area contributed by atoms with Crippen LogP contribution >= 0.6 is 11.6 Å². The minimum absolute atomic E-state index is 0.141. The van der Waals surface area contributed by atoms with Crippen LogP contribution in [-0.2, 0) is 14.8 Å². The Morgan fingerprint density at radius 1 is 1.29 bits per heavy atom. The molecule has 0 fully saturated rings. The van der Waals surface area contributed by atoms with Crippen LogP contribution in [0.4, 0.5) is 5.69 Å². The molecule has 0 aromatic heterocycles. The Kier molecular flexibility index (Phi) is 4.92. The third-order valence-corrected chi connectivity index (χ3v) is 3.71. The summed E-state index contributed by atoms with van der Waals surface area (Å²) in [5, 5.41) is 2.52. The SMILES string of the molecule is CCNS(=O)(=O)c1ccc(NC(=O)CCl)cc1. The molecule has 1 aromatic rings. The average Bonchev–Trinajstić information content (AvgIpc) is 2.29. The standard InChI is InChI=1S/C10H13ClN2O3S/c1-2-12-17(15,16)9-5-3-8(4-6-9)13-10(14)7-11/h3-6,12H,2,7H2,1H3,(H,13,14). The molecule has 2 N–H and O–H groups in total. The lowest BCUT2D eigenvalue weighted by molar-refractivity contribution is -0.113. The van der Waals surface area contributed by atoms with Gasteiger partial charge in [-0.1, -0.05) is 6.92 Å². The highest BCUT2D eigenvalue weighted by molar-refractivity contribution is 7.89. The Balaban J connectivity index is 2.85. The molecule has 0 aliphatic carbocycles. The fourth-order valence-corrected chi connectivity index (χ4v) is 2.29. The molecule has 0 saturated heterocycles. The van der Waals surface area contributed by atoms with E-state index in [0.717, 1.165) is 0 Å². The van der Waals surface area contributed by atoms with Gasteiger partial charge >= 0.3 is 0 Å². The largest absolute Gasteiger partial charge is 0.325 e. The van der Waals surface area contributed by atoms with E-state index in [2.05, 4.69) is 10.0 Å². The summed E-state index contributed by atoms with van der Waals surface area (Å²) in [6, 6.07) is 5.85. The molecule has 7 heteroatoms. The molecule has 0 aliphatic rings. The van der Waals surface area contributed by atoms with Gasteiger partial charge in [-0.05, 0) is 24.3 Å². The zero-order valence-corrected chi connectivity index (χ0v) is 10.8. The summed E-state index contributed by atoms with van der Waals surface area (Å²) in [7, 11) is -3.45. The van der Waals surface area contributed by atoms with E-state index in [9.17, 15) is 13.2 Å². The molecule has 0 heterocycles. The number of halogens is 1. The first kappa shape index (κ1) is 14.0. The molecular formula is C10H13ClN2O3S. The minimum Gasteiger partial charge on any atom is -0.325 e. The predicted octanol–water partition coefficient (Wildman–Crippen LogP) is 1.16. The van der Waals surface area contributed by atoms with E-state index in [1.807, 2.05) is 0 Å². The number of amides is 1. The van der Waals surface area contributed by atoms with Gasteiger partial charge in [-0.25, -0.2) is 13.1 Å². The number of carbonyl (C=O) groups is 1. The maximum atomic E-state index is 11.6. The first-order chi connectivity index (χ1) is 7.99. The van der Waals surface area contributed by atoms with Gasteiger partial charge in [0.05, 0.1) is 4.90 Å². The summed E-state index contributed by atoms with van der Waals surface area (Å²) in [6.45, 7) is 2.03. The van der Waals surface area contributed by atoms with Crippen LogP contribution in [0.5, 0.6) is 0 Å². The van der Waals surface area contributed by atoms with E-state index < -0.39 is 10.0 Å². The second-order valence-corrected chi connectivity index (χ2v) is 5.24. The highest BCUT2D eigenvalue weighted by Gasteiger charge is 2.12. The van der Waals surface area contributed by atoms with Crippen molar-refractivity contribution in [2.75, 3.05) is 17.7 Å². The van der Waals surface area contributed by atoms with Gasteiger partial charge in [-0.15, -0.1) is 11.6 Å². The van der Waals surface area contributed by atoms with Gasteiger partial charge in [-0.2, -0.15) is 0 Å². The lowest BCUT2D eigenvalue weighted by Crippen LogP contribution is -2.23. The van der Waals surface area contributed by atoms with Crippen molar-refractivity contribution in [2.24, 2.45) is 0 Å². The molecule has 0 atom stereocenters. The number of sulfonamides is 1. The first-order valence-corrected chi connectivity index (χ1v) is 6.97. The molecule has 0 saturated carbocycles. The number of hydrogen-bond donors (Lipinski definition) is 2. The summed E-state index contributed by atoms with van der Waals surface area (Å²) in [4.78, 5) is 11.1. The Labute approximate surface area is 105 Å². The maximum Gasteiger partial charge on any atom is 0.240 e. The number of nitrogens with one attached hydrogen (secondary N) is 2. The molecule has 1 aromatic carbocycles. The molecule has 0 spiro atoms. The highest BCUT2D eigenvalue weighted by Crippen LogP contribution is 2.13. The number of alkyl halides is 1. The first-order valence-electron chi connectivity index (χ1n) is 4.95. The molecule has 5 nitrogen and oxygen atoms in total. The van der Waals surface area contributed by atoms with Crippen LogP contribution in [0.1, 0.15) is 6.92 Å². The second kappa shape index (κ2) is 6.00. The number of benzene rings is 1. The van der Waals surface area contributed by atoms with Gasteiger partial charge in [0.25, 0.3) is 0 Å². The predicted molar refractivity (Wildman–Crippen MR) is 66.7 cm³/mol. The highest BCUT2D eigenvalue weighted by atomic mass is 35.5. The normalized spacial score (nSPS) is 11.2. The number of anilines is 1. The monoisotopic (exact) mass is 276 g/mol. The lowest BCUT2D eigenvalue weighted by atomic mass is 10.3. The summed E-state index contributed by atoms with van der Waals surface area (Å²) in [5.41, 5.74) is 0.506. The Hall–Kier alpha value is -1.11. The van der Waals surface area contributed by atoms with E-state index in [1.54, 1.807) is 6.92 Å². The third kappa shape index (κ3) is 3.99. The molecule has 0 bridgehead atoms. The van der Waals surface area contributed by atoms with Gasteiger partial charge in [-0.3, -0.25) is 4.79 Å². The van der Waals surface area contributed by atoms with Crippen molar-refractivity contribution in [3.63, 3.8) is 0 Å². The van der Waals surface area contributed by atoms with Crippen molar-refractivity contribution in [1.29, 1.82) is 0 Å². The van der Waals surface area contributed by atoms with Gasteiger partial charge in [0.2, 0.25) is 15.9 Å². The number of rotatable bonds is 5. The zero-order valence-electron chi connectivity index (χ0n) is 9.23. The minimum atomic E-state index is -3.45. The van der Waals surface area contributed by atoms with E-state index in [-0.39, 0.29) is 16.7 Å². The molecule has 94 valence electrons. The van der Waals surface area contributed by atoms with Crippen molar-refractivity contribution in [3.05, 3.63) is 24.3 Å². The quantitative estimate of drug-likeness (QED) is 0.793. The number of hydrogen-bond acceptors (Lipinski definition) is 3. The topological polar surface area (TPSA) is 75.3 Å². The van der Waals surface area contributed by atoms with Crippen LogP contribution in [0.25, 0.3) is 0 Å². The van der Waals surface area contributed by atoms with E-state index in [0.29, 0.717) is 12.2 Å². The van der Waals surface area contributed by atoms with Gasteiger partial charge in [0.15, 0.2) is 0 Å². The average molecular weight is 277 g/mol. The van der Waals surface area contributed by atoms with Crippen molar-refractivity contribution < 1.29 is 13.2 Å². The van der Waals surface area contributed by atoms with Crippen LogP contribution in [0, 0.1) is 0 Å². The van der Waals surface area contributed by atoms with Crippen LogP contribution in [0.15, 0.2) is 29.2 Å². The summed E-state index contributed by atoms with van der Waals surface area (Å²) in [5.74, 6) is -0.480. The Morgan fingerprint density at radius 2 is 1.88 bits per heavy atom. The zero-order chi connectivity index (χ0) is 12.9. The van der Waals surface area contributed by atoms with E-state index >= 15 is 0 Å². The van der Waals surface area contributed by atoms with Crippen molar-refractivity contribution in [1.82, 2.24) is 4.72 Å². The Bertz CT molecular complexity index is 485. The van der Waals surface area contributed by atoms with Gasteiger partial charge in [0.1, 0.15) is 5.88 Å². The third-order valence-electron chi connectivity index (χ3n) is 1.90. The maximum absolute atomic E-state index is 11.6. The van der Waals surface area contributed by atoms with Crippen molar-refractivity contribution in [3.8, 4) is 0 Å². The summed E-state index contributed by atoms with van der Waals surface area (Å²) < 4.78 is 25.6. The lowest BCUT2D eigenvalue weighted by Gasteiger charge is -2.06. The molecule has 0 unspecified atom stereocenters. The molecule has 0 radical (unpaired) electrons. The number of carbonyl (C=O) groups excluding carboxylic acids is 1. The molecular weight excluding hydrogens is 264 g/mol. The molecule has 1 amide bonds. The van der Waals surface area contributed by atoms with E-state index in [4.69, 9.17) is 11.6 Å². The molecule has 0 aliphatic heterocycles. The van der Waals surface area contributed by atoms with Crippen LogP contribution in [0.3, 0.4) is 0 Å². The smallest absolute Gasteiger partial charge is 0.240 e. The van der Waals surface area contributed by atoms with Crippen LogP contribution < -0.4 is 10.0 Å². The fraction of sp³-hybridized carbons (Fsp3) is 0.300. The van der Waals surface area contributed by atoms with Gasteiger partial charge < -0.3 is 5.32 Å². The van der Waals surface area contributed by atoms with Crippen LogP contribution in [-0.4, -0.2) is 26.7 Å². The Morgan fingerprint density at radius 3 is 2.35 bits per heavy atom. The molecule has 17 heavy (non-hydrogen) atoms. The molecule has 1 rings (SSSR count).